The molecule has 1 aromatic heterocycles. The van der Waals surface area contributed by atoms with Crippen molar-refractivity contribution in [2.45, 2.75) is 31.6 Å². The zero-order valence-corrected chi connectivity index (χ0v) is 20.8. The zero-order valence-electron chi connectivity index (χ0n) is 20.0. The first kappa shape index (κ1) is 24.6. The highest BCUT2D eigenvalue weighted by Gasteiger charge is 2.28. The van der Waals surface area contributed by atoms with Crippen molar-refractivity contribution < 1.29 is 17.8 Å². The van der Waals surface area contributed by atoms with E-state index in [2.05, 4.69) is 15.3 Å². The van der Waals surface area contributed by atoms with Gasteiger partial charge in [0.1, 0.15) is 11.4 Å². The number of nitrogens with zero attached hydrogens (tertiary/aromatic N) is 4. The minimum absolute atomic E-state index is 0.0708. The smallest absolute Gasteiger partial charge is 0.294 e. The average Bonchev–Trinajstić information content (AvgIpc) is 2.94. The number of hydrogen-bond acceptors (Lipinski definition) is 7. The highest BCUT2D eigenvalue weighted by molar-refractivity contribution is 7.85. The number of likely N-dealkylation sites (N-methyl/N-ethyl adjacent to an activating group) is 1. The van der Waals surface area contributed by atoms with Crippen molar-refractivity contribution in [1.29, 1.82) is 0 Å². The van der Waals surface area contributed by atoms with Gasteiger partial charge < -0.3 is 15.1 Å². The van der Waals surface area contributed by atoms with E-state index in [0.717, 1.165) is 16.8 Å². The summed E-state index contributed by atoms with van der Waals surface area (Å²) >= 11 is 0. The number of hydrogen-bond donors (Lipinski definition) is 2. The maximum Gasteiger partial charge on any atom is 0.294 e. The summed E-state index contributed by atoms with van der Waals surface area (Å²) in [4.78, 5) is 25.9. The summed E-state index contributed by atoms with van der Waals surface area (Å²) < 4.78 is 33.2. The van der Waals surface area contributed by atoms with Crippen molar-refractivity contribution in [2.24, 2.45) is 0 Å². The van der Waals surface area contributed by atoms with Gasteiger partial charge in [-0.2, -0.15) is 13.4 Å². The Morgan fingerprint density at radius 1 is 1.11 bits per heavy atom. The van der Waals surface area contributed by atoms with Gasteiger partial charge in [0.05, 0.1) is 4.90 Å². The fraction of sp³-hybridized carbons (Fsp3) is 0.320. The molecule has 2 aromatic carbocycles. The Kier molecular flexibility index (Phi) is 7.04. The van der Waals surface area contributed by atoms with E-state index in [-0.39, 0.29) is 10.8 Å². The van der Waals surface area contributed by atoms with Crippen LogP contribution >= 0.6 is 0 Å². The van der Waals surface area contributed by atoms with Gasteiger partial charge in [-0.15, -0.1) is 0 Å². The minimum atomic E-state index is -4.31. The molecule has 3 aromatic rings. The molecule has 2 N–H and O–H groups in total. The fourth-order valence-electron chi connectivity index (χ4n) is 4.22. The summed E-state index contributed by atoms with van der Waals surface area (Å²) in [5, 5.41) is 3.08. The summed E-state index contributed by atoms with van der Waals surface area (Å²) in [6.07, 6.45) is 2.55. The number of aromatic nitrogens is 2. The van der Waals surface area contributed by atoms with E-state index >= 15 is 0 Å². The van der Waals surface area contributed by atoms with Crippen molar-refractivity contribution in [2.75, 3.05) is 41.8 Å². The summed E-state index contributed by atoms with van der Waals surface area (Å²) in [6, 6.07) is 12.5. The Balaban J connectivity index is 1.59. The zero-order chi connectivity index (χ0) is 25.2. The van der Waals surface area contributed by atoms with Crippen molar-refractivity contribution in [3.05, 3.63) is 70.9 Å². The second-order valence-corrected chi connectivity index (χ2v) is 9.99. The van der Waals surface area contributed by atoms with E-state index in [4.69, 9.17) is 0 Å². The van der Waals surface area contributed by atoms with Gasteiger partial charge >= 0.3 is 0 Å². The Bertz CT molecular complexity index is 1360. The van der Waals surface area contributed by atoms with Gasteiger partial charge in [-0.1, -0.05) is 29.8 Å². The molecule has 0 atom stereocenters. The lowest BCUT2D eigenvalue weighted by Gasteiger charge is -2.22. The lowest BCUT2D eigenvalue weighted by molar-refractivity contribution is 0.0989. The van der Waals surface area contributed by atoms with Crippen LogP contribution in [0.15, 0.2) is 53.6 Å². The molecule has 0 spiro atoms. The van der Waals surface area contributed by atoms with Crippen LogP contribution < -0.4 is 15.1 Å². The predicted octanol–water partition coefficient (Wildman–Crippen LogP) is 3.35. The quantitative estimate of drug-likeness (QED) is 0.480. The maximum atomic E-state index is 13.4. The first-order chi connectivity index (χ1) is 16.7. The van der Waals surface area contributed by atoms with Gasteiger partial charge in [0.25, 0.3) is 16.0 Å². The molecule has 0 aliphatic carbocycles. The van der Waals surface area contributed by atoms with Crippen LogP contribution in [0.4, 0.5) is 17.5 Å². The molecule has 35 heavy (non-hydrogen) atoms. The molecule has 0 unspecified atom stereocenters. The van der Waals surface area contributed by atoms with E-state index in [1.54, 1.807) is 23.2 Å². The van der Waals surface area contributed by atoms with Crippen molar-refractivity contribution in [1.82, 2.24) is 9.97 Å². The number of rotatable bonds is 7. The summed E-state index contributed by atoms with van der Waals surface area (Å²) in [7, 11) is -2.40. The van der Waals surface area contributed by atoms with Crippen LogP contribution in [0.1, 0.15) is 34.0 Å². The normalized spacial score (nSPS) is 14.0. The molecule has 184 valence electrons. The molecule has 0 saturated carbocycles. The average molecular weight is 496 g/mol. The topological polar surface area (TPSA) is 116 Å². The fourth-order valence-corrected chi connectivity index (χ4v) is 4.95. The molecule has 4 rings (SSSR count). The van der Waals surface area contributed by atoms with Crippen LogP contribution in [0.3, 0.4) is 0 Å². The molecule has 0 bridgehead atoms. The largest absolute Gasteiger partial charge is 0.357 e. The van der Waals surface area contributed by atoms with E-state index in [9.17, 15) is 17.8 Å². The molecule has 0 fully saturated rings. The SMILES string of the molecule is CCNc1ncc2c(n1)N(C)CCN(c1cccc(CCc3cc(C)ccc3S(=O)(=O)O)c1)C2=O. The van der Waals surface area contributed by atoms with E-state index in [1.165, 1.54) is 6.07 Å². The van der Waals surface area contributed by atoms with Gasteiger partial charge in [-0.3, -0.25) is 9.35 Å². The number of benzene rings is 2. The number of amides is 1. The Morgan fingerprint density at radius 2 is 1.91 bits per heavy atom. The molecular formula is C25H29N5O4S. The standard InChI is InChI=1S/C25H29N5O4S/c1-4-26-25-27-16-21-23(28-25)29(3)12-13-30(24(21)31)20-7-5-6-18(15-20)9-10-19-14-17(2)8-11-22(19)35(32,33)34/h5-8,11,14-16H,4,9-10,12-13H2,1-3H3,(H,26,27,28)(H,32,33,34). The third-order valence-electron chi connectivity index (χ3n) is 6.00. The van der Waals surface area contributed by atoms with Crippen LogP contribution in [0.5, 0.6) is 0 Å². The van der Waals surface area contributed by atoms with E-state index in [1.807, 2.05) is 50.1 Å². The van der Waals surface area contributed by atoms with Gasteiger partial charge in [0.15, 0.2) is 0 Å². The number of carbonyl (C=O) groups is 1. The number of carbonyl (C=O) groups excluding carboxylic acids is 1. The van der Waals surface area contributed by atoms with Crippen LogP contribution in [-0.2, 0) is 23.0 Å². The number of nitrogens with one attached hydrogen (secondary N) is 1. The molecule has 10 heteroatoms. The van der Waals surface area contributed by atoms with Crippen LogP contribution in [0.2, 0.25) is 0 Å². The molecule has 0 saturated heterocycles. The summed E-state index contributed by atoms with van der Waals surface area (Å²) in [5.74, 6) is 0.912. The lowest BCUT2D eigenvalue weighted by atomic mass is 10.0. The van der Waals surface area contributed by atoms with Gasteiger partial charge in [0.2, 0.25) is 5.95 Å². The molecule has 1 amide bonds. The van der Waals surface area contributed by atoms with E-state index < -0.39 is 10.1 Å². The number of anilines is 3. The van der Waals surface area contributed by atoms with Crippen LogP contribution in [-0.4, -0.2) is 55.5 Å². The molecule has 9 nitrogen and oxygen atoms in total. The number of aryl methyl sites for hydroxylation is 3. The predicted molar refractivity (Wildman–Crippen MR) is 136 cm³/mol. The highest BCUT2D eigenvalue weighted by Crippen LogP contribution is 2.27. The Labute approximate surface area is 205 Å². The molecule has 1 aliphatic rings. The Morgan fingerprint density at radius 3 is 2.66 bits per heavy atom. The summed E-state index contributed by atoms with van der Waals surface area (Å²) in [6.45, 7) is 5.61. The van der Waals surface area contributed by atoms with Gasteiger partial charge in [-0.25, -0.2) is 4.98 Å². The Hall–Kier alpha value is -3.50. The molecular weight excluding hydrogens is 466 g/mol. The third kappa shape index (κ3) is 5.44. The maximum absolute atomic E-state index is 13.4. The highest BCUT2D eigenvalue weighted by atomic mass is 32.2. The van der Waals surface area contributed by atoms with Crippen LogP contribution in [0.25, 0.3) is 0 Å². The summed E-state index contributed by atoms with van der Waals surface area (Å²) in [5.41, 5.74) is 3.62. The third-order valence-corrected chi connectivity index (χ3v) is 6.95. The first-order valence-corrected chi connectivity index (χ1v) is 12.9. The number of fused-ring (bicyclic) bond motifs is 1. The molecule has 2 heterocycles. The second kappa shape index (κ2) is 10.0. The van der Waals surface area contributed by atoms with E-state index in [0.29, 0.717) is 55.4 Å². The molecule has 1 aliphatic heterocycles. The van der Waals surface area contributed by atoms with Gasteiger partial charge in [0, 0.05) is 38.6 Å². The monoisotopic (exact) mass is 495 g/mol. The van der Waals surface area contributed by atoms with Crippen molar-refractivity contribution in [3.8, 4) is 0 Å². The second-order valence-electron chi connectivity index (χ2n) is 8.60. The lowest BCUT2D eigenvalue weighted by Crippen LogP contribution is -2.33. The first-order valence-electron chi connectivity index (χ1n) is 11.5. The van der Waals surface area contributed by atoms with Gasteiger partial charge in [-0.05, 0) is 56.0 Å². The van der Waals surface area contributed by atoms with Crippen LogP contribution in [0, 0.1) is 6.92 Å². The minimum Gasteiger partial charge on any atom is -0.357 e. The van der Waals surface area contributed by atoms with Crippen molar-refractivity contribution >= 4 is 33.5 Å². The van der Waals surface area contributed by atoms with Crippen molar-refractivity contribution in [3.63, 3.8) is 0 Å². The molecule has 0 radical (unpaired) electrons.